The van der Waals surface area contributed by atoms with Gasteiger partial charge in [0.2, 0.25) is 0 Å². The van der Waals surface area contributed by atoms with E-state index >= 15 is 0 Å². The lowest BCUT2D eigenvalue weighted by Crippen LogP contribution is -2.01. The van der Waals surface area contributed by atoms with Crippen LogP contribution >= 0.6 is 11.8 Å². The number of carboxylic acid groups (broad SMARTS) is 1. The van der Waals surface area contributed by atoms with Crippen molar-refractivity contribution in [2.45, 2.75) is 9.92 Å². The fourth-order valence-electron chi connectivity index (χ4n) is 1.87. The molecule has 20 heavy (non-hydrogen) atoms. The average molecular weight is 282 g/mol. The van der Waals surface area contributed by atoms with E-state index in [9.17, 15) is 4.79 Å². The molecule has 0 fully saturated rings. The zero-order valence-electron chi connectivity index (χ0n) is 10.4. The lowest BCUT2D eigenvalue weighted by molar-refractivity contribution is 0.0690. The van der Waals surface area contributed by atoms with Crippen LogP contribution in [0.15, 0.2) is 64.8 Å². The molecule has 98 valence electrons. The van der Waals surface area contributed by atoms with E-state index in [1.807, 2.05) is 36.4 Å². The molecule has 0 aliphatic rings. The van der Waals surface area contributed by atoms with Crippen molar-refractivity contribution in [3.8, 4) is 0 Å². The van der Waals surface area contributed by atoms with Gasteiger partial charge in [-0.2, -0.15) is 0 Å². The maximum absolute atomic E-state index is 11.2. The molecule has 2 heterocycles. The van der Waals surface area contributed by atoms with Crippen LogP contribution in [0.5, 0.6) is 0 Å². The molecule has 3 rings (SSSR count). The normalized spacial score (nSPS) is 10.6. The summed E-state index contributed by atoms with van der Waals surface area (Å²) in [5.74, 6) is -1.02. The Morgan fingerprint density at radius 3 is 2.60 bits per heavy atom. The van der Waals surface area contributed by atoms with Crippen LogP contribution in [0.4, 0.5) is 0 Å². The van der Waals surface area contributed by atoms with Crippen LogP contribution in [-0.2, 0) is 0 Å². The van der Waals surface area contributed by atoms with Crippen molar-refractivity contribution in [1.29, 1.82) is 0 Å². The quantitative estimate of drug-likeness (QED) is 0.796. The highest BCUT2D eigenvalue weighted by atomic mass is 32.2. The van der Waals surface area contributed by atoms with Crippen molar-refractivity contribution < 1.29 is 9.90 Å². The van der Waals surface area contributed by atoms with E-state index in [1.165, 1.54) is 11.8 Å². The Balaban J connectivity index is 2.15. The molecule has 1 N–H and O–H groups in total. The zero-order valence-corrected chi connectivity index (χ0v) is 11.2. The first-order valence-electron chi connectivity index (χ1n) is 5.95. The van der Waals surface area contributed by atoms with Crippen LogP contribution < -0.4 is 0 Å². The predicted octanol–water partition coefficient (Wildman–Crippen LogP) is 3.48. The molecule has 0 atom stereocenters. The summed E-state index contributed by atoms with van der Waals surface area (Å²) in [7, 11) is 0. The molecule has 4 nitrogen and oxygen atoms in total. The smallest absolute Gasteiger partial charge is 0.354 e. The van der Waals surface area contributed by atoms with Gasteiger partial charge in [0, 0.05) is 22.7 Å². The number of carbonyl (C=O) groups is 1. The largest absolute Gasteiger partial charge is 0.477 e. The average Bonchev–Trinajstić information content (AvgIpc) is 2.48. The number of pyridine rings is 2. The minimum Gasteiger partial charge on any atom is -0.477 e. The third-order valence-electron chi connectivity index (χ3n) is 2.79. The van der Waals surface area contributed by atoms with Crippen molar-refractivity contribution in [3.63, 3.8) is 0 Å². The third-order valence-corrected chi connectivity index (χ3v) is 3.80. The van der Waals surface area contributed by atoms with Crippen LogP contribution in [0.1, 0.15) is 10.5 Å². The number of aromatic carboxylic acids is 1. The molecule has 0 radical (unpaired) electrons. The Labute approximate surface area is 119 Å². The van der Waals surface area contributed by atoms with Gasteiger partial charge >= 0.3 is 5.97 Å². The first kappa shape index (κ1) is 12.6. The molecule has 0 bridgehead atoms. The Morgan fingerprint density at radius 1 is 1.10 bits per heavy atom. The van der Waals surface area contributed by atoms with Gasteiger partial charge < -0.3 is 5.11 Å². The molecular weight excluding hydrogens is 272 g/mol. The van der Waals surface area contributed by atoms with E-state index in [2.05, 4.69) is 9.97 Å². The minimum absolute atomic E-state index is 0.0558. The summed E-state index contributed by atoms with van der Waals surface area (Å²) in [6, 6.07) is 13.0. The van der Waals surface area contributed by atoms with E-state index in [0.717, 1.165) is 15.7 Å². The van der Waals surface area contributed by atoms with Gasteiger partial charge in [-0.3, -0.25) is 4.98 Å². The lowest BCUT2D eigenvalue weighted by Gasteiger charge is -2.07. The van der Waals surface area contributed by atoms with Gasteiger partial charge in [-0.05, 0) is 23.6 Å². The minimum atomic E-state index is -1.02. The Kier molecular flexibility index (Phi) is 3.35. The monoisotopic (exact) mass is 282 g/mol. The summed E-state index contributed by atoms with van der Waals surface area (Å²) in [6.45, 7) is 0. The summed E-state index contributed by atoms with van der Waals surface area (Å²) in [5, 5.41) is 11.7. The van der Waals surface area contributed by atoms with Crippen LogP contribution in [0, 0.1) is 0 Å². The second kappa shape index (κ2) is 5.30. The van der Waals surface area contributed by atoms with Gasteiger partial charge in [-0.1, -0.05) is 36.0 Å². The number of carboxylic acids is 1. The standard InChI is InChI=1S/C15H10N2O2S/c18-15(19)13-9-10-3-1-2-4-12(10)14(17-13)20-11-5-7-16-8-6-11/h1-9H,(H,18,19). The number of nitrogens with zero attached hydrogens (tertiary/aromatic N) is 2. The van der Waals surface area contributed by atoms with Gasteiger partial charge in [0.1, 0.15) is 10.7 Å². The van der Waals surface area contributed by atoms with Crippen molar-refractivity contribution >= 4 is 28.5 Å². The maximum atomic E-state index is 11.2. The molecule has 0 spiro atoms. The number of benzene rings is 1. The fourth-order valence-corrected chi connectivity index (χ4v) is 2.79. The molecule has 1 aromatic carbocycles. The van der Waals surface area contributed by atoms with Gasteiger partial charge in [-0.25, -0.2) is 9.78 Å². The van der Waals surface area contributed by atoms with Crippen LogP contribution in [0.3, 0.4) is 0 Å². The van der Waals surface area contributed by atoms with Gasteiger partial charge in [0.15, 0.2) is 0 Å². The molecule has 2 aromatic heterocycles. The number of rotatable bonds is 3. The Hall–Kier alpha value is -2.40. The molecule has 0 aliphatic carbocycles. The molecule has 0 amide bonds. The van der Waals surface area contributed by atoms with Crippen LogP contribution in [0.2, 0.25) is 0 Å². The summed E-state index contributed by atoms with van der Waals surface area (Å²) < 4.78 is 0. The summed E-state index contributed by atoms with van der Waals surface area (Å²) >= 11 is 1.43. The third kappa shape index (κ3) is 2.48. The van der Waals surface area contributed by atoms with Crippen LogP contribution in [0.25, 0.3) is 10.8 Å². The van der Waals surface area contributed by atoms with Crippen LogP contribution in [-0.4, -0.2) is 21.0 Å². The second-order valence-corrected chi connectivity index (χ2v) is 5.19. The second-order valence-electron chi connectivity index (χ2n) is 4.12. The molecule has 5 heteroatoms. The van der Waals surface area contributed by atoms with E-state index in [0.29, 0.717) is 5.03 Å². The first-order valence-corrected chi connectivity index (χ1v) is 6.76. The highest BCUT2D eigenvalue weighted by molar-refractivity contribution is 7.99. The summed E-state index contributed by atoms with van der Waals surface area (Å²) in [6.07, 6.45) is 3.40. The summed E-state index contributed by atoms with van der Waals surface area (Å²) in [4.78, 5) is 20.3. The van der Waals surface area contributed by atoms with E-state index in [4.69, 9.17) is 5.11 Å². The van der Waals surface area contributed by atoms with Gasteiger partial charge in [-0.15, -0.1) is 0 Å². The fraction of sp³-hybridized carbons (Fsp3) is 0. The van der Waals surface area contributed by atoms with Gasteiger partial charge in [0.05, 0.1) is 0 Å². The molecule has 0 aliphatic heterocycles. The van der Waals surface area contributed by atoms with Crippen molar-refractivity contribution in [2.75, 3.05) is 0 Å². The topological polar surface area (TPSA) is 63.1 Å². The Morgan fingerprint density at radius 2 is 1.85 bits per heavy atom. The first-order chi connectivity index (χ1) is 9.74. The number of hydrogen-bond acceptors (Lipinski definition) is 4. The SMILES string of the molecule is O=C(O)c1cc2ccccc2c(Sc2ccncc2)n1. The highest BCUT2D eigenvalue weighted by Gasteiger charge is 2.11. The maximum Gasteiger partial charge on any atom is 0.354 e. The van der Waals surface area contributed by atoms with Crippen molar-refractivity contribution in [1.82, 2.24) is 9.97 Å². The Bertz CT molecular complexity index is 775. The van der Waals surface area contributed by atoms with Crippen molar-refractivity contribution in [3.05, 3.63) is 60.6 Å². The van der Waals surface area contributed by atoms with E-state index in [1.54, 1.807) is 18.5 Å². The number of fused-ring (bicyclic) bond motifs is 1. The lowest BCUT2D eigenvalue weighted by atomic mass is 10.1. The number of aromatic nitrogens is 2. The highest BCUT2D eigenvalue weighted by Crippen LogP contribution is 2.32. The van der Waals surface area contributed by atoms with E-state index in [-0.39, 0.29) is 5.69 Å². The number of hydrogen-bond donors (Lipinski definition) is 1. The van der Waals surface area contributed by atoms with Crippen molar-refractivity contribution in [2.24, 2.45) is 0 Å². The molecule has 0 unspecified atom stereocenters. The summed E-state index contributed by atoms with van der Waals surface area (Å²) in [5.41, 5.74) is 0.0558. The molecule has 0 saturated carbocycles. The van der Waals surface area contributed by atoms with Gasteiger partial charge in [0.25, 0.3) is 0 Å². The van der Waals surface area contributed by atoms with E-state index < -0.39 is 5.97 Å². The predicted molar refractivity (Wildman–Crippen MR) is 77.1 cm³/mol. The zero-order chi connectivity index (χ0) is 13.9. The molecule has 0 saturated heterocycles. The molecular formula is C15H10N2O2S. The molecule has 3 aromatic rings.